The minimum atomic E-state index is -0.554. The normalized spacial score (nSPS) is 17.4. The highest BCUT2D eigenvalue weighted by Crippen LogP contribution is 2.34. The molecule has 3 heterocycles. The van der Waals surface area contributed by atoms with E-state index in [2.05, 4.69) is 9.97 Å². The molecular formula is C29H29N7O4. The second-order valence-corrected chi connectivity index (χ2v) is 10.5. The van der Waals surface area contributed by atoms with E-state index in [0.717, 1.165) is 22.3 Å². The number of aryl methyl sites for hydroxylation is 1. The molecule has 0 bridgehead atoms. The van der Waals surface area contributed by atoms with Gasteiger partial charge < -0.3 is 9.67 Å². The van der Waals surface area contributed by atoms with Crippen molar-refractivity contribution in [3.05, 3.63) is 104 Å². The summed E-state index contributed by atoms with van der Waals surface area (Å²) >= 11 is 0. The summed E-state index contributed by atoms with van der Waals surface area (Å²) in [6.07, 6.45) is 3.78. The molecule has 2 aromatic carbocycles. The summed E-state index contributed by atoms with van der Waals surface area (Å²) in [7, 11) is 0. The fourth-order valence-electron chi connectivity index (χ4n) is 5.41. The summed E-state index contributed by atoms with van der Waals surface area (Å²) in [5.41, 5.74) is 4.91. The lowest BCUT2D eigenvalue weighted by Crippen LogP contribution is -2.26. The molecule has 0 amide bonds. The van der Waals surface area contributed by atoms with Crippen LogP contribution in [0.2, 0.25) is 0 Å². The van der Waals surface area contributed by atoms with Crippen molar-refractivity contribution in [3.63, 3.8) is 0 Å². The molecule has 0 saturated heterocycles. The molecular weight excluding hydrogens is 510 g/mol. The summed E-state index contributed by atoms with van der Waals surface area (Å²) < 4.78 is 3.46. The molecule has 1 saturated carbocycles. The van der Waals surface area contributed by atoms with Gasteiger partial charge in [0.15, 0.2) is 11.5 Å². The maximum atomic E-state index is 13.2. The quantitative estimate of drug-likeness (QED) is 0.244. The summed E-state index contributed by atoms with van der Waals surface area (Å²) in [6.45, 7) is 2.76. The molecule has 40 heavy (non-hydrogen) atoms. The van der Waals surface area contributed by atoms with Crippen LogP contribution in [-0.2, 0) is 19.7 Å². The molecule has 0 spiro atoms. The zero-order chi connectivity index (χ0) is 27.8. The van der Waals surface area contributed by atoms with E-state index in [9.17, 15) is 20.0 Å². The van der Waals surface area contributed by atoms with E-state index >= 15 is 0 Å². The Kier molecular flexibility index (Phi) is 6.81. The van der Waals surface area contributed by atoms with Gasteiger partial charge in [0.25, 0.3) is 0 Å². The molecule has 11 heteroatoms. The molecule has 3 aliphatic rings. The van der Waals surface area contributed by atoms with Crippen molar-refractivity contribution in [3.8, 4) is 11.5 Å². The summed E-state index contributed by atoms with van der Waals surface area (Å²) in [4.78, 5) is 43.3. The van der Waals surface area contributed by atoms with Gasteiger partial charge in [-0.3, -0.25) is 14.7 Å². The largest absolute Gasteiger partial charge is 0.392 e. The van der Waals surface area contributed by atoms with E-state index in [1.807, 2.05) is 60.0 Å². The Morgan fingerprint density at radius 2 is 1.57 bits per heavy atom. The van der Waals surface area contributed by atoms with Gasteiger partial charge in [0.05, 0.1) is 26.0 Å². The maximum absolute atomic E-state index is 13.2. The predicted octanol–water partition coefficient (Wildman–Crippen LogP) is 3.69. The van der Waals surface area contributed by atoms with Gasteiger partial charge in [-0.1, -0.05) is 54.1 Å². The molecule has 11 nitrogen and oxygen atoms in total. The van der Waals surface area contributed by atoms with Crippen LogP contribution < -0.4 is 5.69 Å². The van der Waals surface area contributed by atoms with Crippen molar-refractivity contribution in [2.45, 2.75) is 64.3 Å². The molecule has 1 fully saturated rings. The number of aromatic nitrogens is 6. The third kappa shape index (κ3) is 4.95. The van der Waals surface area contributed by atoms with Crippen molar-refractivity contribution in [2.75, 3.05) is 0 Å². The minimum absolute atomic E-state index is 0.0276. The van der Waals surface area contributed by atoms with Gasteiger partial charge in [-0.2, -0.15) is 4.98 Å². The molecule has 1 aromatic heterocycles. The highest BCUT2D eigenvalue weighted by atomic mass is 16.6. The van der Waals surface area contributed by atoms with E-state index in [-0.39, 0.29) is 17.4 Å². The molecule has 3 aromatic rings. The van der Waals surface area contributed by atoms with Crippen LogP contribution in [0.4, 0.5) is 0 Å². The van der Waals surface area contributed by atoms with E-state index in [1.165, 1.54) is 0 Å². The maximum Gasteiger partial charge on any atom is 0.350 e. The molecule has 6 rings (SSSR count). The smallest absolute Gasteiger partial charge is 0.350 e. The van der Waals surface area contributed by atoms with E-state index < -0.39 is 11.7 Å². The van der Waals surface area contributed by atoms with E-state index in [4.69, 9.17) is 9.97 Å². The molecule has 0 atom stereocenters. The van der Waals surface area contributed by atoms with E-state index in [0.29, 0.717) is 67.3 Å². The van der Waals surface area contributed by atoms with Crippen LogP contribution in [0.1, 0.15) is 59.7 Å². The zero-order valence-electron chi connectivity index (χ0n) is 22.1. The molecule has 1 aliphatic carbocycles. The fourth-order valence-corrected chi connectivity index (χ4v) is 5.41. The Morgan fingerprint density at radius 1 is 0.925 bits per heavy atom. The third-order valence-corrected chi connectivity index (χ3v) is 7.76. The third-order valence-electron chi connectivity index (χ3n) is 7.76. The van der Waals surface area contributed by atoms with Crippen LogP contribution in [0.25, 0.3) is 22.7 Å². The summed E-state index contributed by atoms with van der Waals surface area (Å²) in [5, 5.41) is 20.7. The number of hydrogen-bond donors (Lipinski definition) is 1. The molecule has 0 radical (unpaired) electrons. The number of benzene rings is 2. The highest BCUT2D eigenvalue weighted by Gasteiger charge is 2.32. The Hall–Kier alpha value is -4.51. The van der Waals surface area contributed by atoms with E-state index in [1.54, 1.807) is 10.9 Å². The zero-order valence-corrected chi connectivity index (χ0v) is 22.1. The number of hydrogen-bond acceptors (Lipinski definition) is 8. The first-order chi connectivity index (χ1) is 19.4. The minimum Gasteiger partial charge on any atom is -0.392 e. The Balaban J connectivity index is 1.46. The fraction of sp³-hybridized carbons (Fsp3) is 0.345. The lowest BCUT2D eigenvalue weighted by atomic mass is 9.86. The number of fused-ring (bicyclic) bond motifs is 3. The lowest BCUT2D eigenvalue weighted by Gasteiger charge is -2.22. The Labute approximate surface area is 229 Å². The van der Waals surface area contributed by atoms with Gasteiger partial charge >= 0.3 is 5.69 Å². The lowest BCUT2D eigenvalue weighted by molar-refractivity contribution is -0.526. The Bertz CT molecular complexity index is 1700. The Morgan fingerprint density at radius 3 is 2.25 bits per heavy atom. The van der Waals surface area contributed by atoms with Gasteiger partial charge in [0, 0.05) is 23.7 Å². The van der Waals surface area contributed by atoms with Crippen molar-refractivity contribution in [1.29, 1.82) is 0 Å². The van der Waals surface area contributed by atoms with Crippen LogP contribution in [0.3, 0.4) is 0 Å². The average Bonchev–Trinajstić information content (AvgIpc) is 3.44. The molecule has 204 valence electrons. The second-order valence-electron chi connectivity index (χ2n) is 10.5. The van der Waals surface area contributed by atoms with Crippen LogP contribution in [0.15, 0.2) is 59.7 Å². The van der Waals surface area contributed by atoms with Gasteiger partial charge in [0.1, 0.15) is 17.0 Å². The number of imidazole rings is 2. The monoisotopic (exact) mass is 539 g/mol. The van der Waals surface area contributed by atoms with Crippen molar-refractivity contribution < 1.29 is 10.0 Å². The van der Waals surface area contributed by atoms with Crippen LogP contribution >= 0.6 is 0 Å². The molecule has 0 unspecified atom stereocenters. The number of aliphatic hydroxyl groups is 1. The highest BCUT2D eigenvalue weighted by molar-refractivity contribution is 5.85. The van der Waals surface area contributed by atoms with Crippen molar-refractivity contribution in [1.82, 2.24) is 29.1 Å². The number of nitrogens with zero attached hydrogens (tertiary/aromatic N) is 7. The first-order valence-electron chi connectivity index (χ1n) is 13.4. The predicted molar refractivity (Wildman–Crippen MR) is 148 cm³/mol. The van der Waals surface area contributed by atoms with Gasteiger partial charge in [-0.15, -0.1) is 0 Å². The average molecular weight is 540 g/mol. The molecule has 1 N–H and O–H groups in total. The summed E-state index contributed by atoms with van der Waals surface area (Å²) in [6, 6.07) is 15.0. The number of aliphatic hydroxyl groups excluding tert-OH is 1. The van der Waals surface area contributed by atoms with Crippen molar-refractivity contribution in [2.24, 2.45) is 0 Å². The van der Waals surface area contributed by atoms with Gasteiger partial charge in [-0.25, -0.2) is 19.7 Å². The van der Waals surface area contributed by atoms with Crippen molar-refractivity contribution >= 4 is 11.2 Å². The topological polar surface area (TPSA) is 142 Å². The number of rotatable bonds is 7. The summed E-state index contributed by atoms with van der Waals surface area (Å²) in [5.74, 6) is 0.876. The number of nitro groups is 1. The second kappa shape index (κ2) is 10.6. The van der Waals surface area contributed by atoms with Gasteiger partial charge in [0.2, 0.25) is 6.04 Å². The van der Waals surface area contributed by atoms with Crippen LogP contribution in [-0.4, -0.2) is 45.1 Å². The SMILES string of the molecule is Cc1ccc(Cn2c3nc(C4CCC([N+](=O)[O-])CC4)nc4c(ncn4Cc4ccc(CO)cc4)c-3nc2=O)cc1. The first kappa shape index (κ1) is 25.8. The van der Waals surface area contributed by atoms with Gasteiger partial charge in [-0.05, 0) is 36.5 Å². The van der Waals surface area contributed by atoms with Crippen LogP contribution in [0, 0.1) is 17.0 Å². The molecule has 2 aliphatic heterocycles. The standard InChI is InChI=1S/C29H29N7O4/c1-18-2-4-20(5-3-18)15-35-28-25(31-29(35)38)24-27(32-26(33-28)22-10-12-23(13-11-22)36(39)40)34(17-30-24)14-19-6-8-21(16-37)9-7-19/h2-9,17,22-23,37H,10-16H2,1H3. The van der Waals surface area contributed by atoms with Crippen LogP contribution in [0.5, 0.6) is 0 Å². The first-order valence-corrected chi connectivity index (χ1v) is 13.4.